The first-order valence-corrected chi connectivity index (χ1v) is 5.97. The van der Waals surface area contributed by atoms with Gasteiger partial charge in [-0.2, -0.15) is 0 Å². The van der Waals surface area contributed by atoms with Crippen LogP contribution in [0.25, 0.3) is 0 Å². The van der Waals surface area contributed by atoms with E-state index < -0.39 is 31.9 Å². The molecule has 0 bridgehead atoms. The molecule has 15 heavy (non-hydrogen) atoms. The maximum atomic E-state index is 12.3. The van der Waals surface area contributed by atoms with E-state index in [9.17, 15) is 22.3 Å². The number of hydrogen-bond donors (Lipinski definition) is 1. The van der Waals surface area contributed by atoms with Crippen molar-refractivity contribution in [3.05, 3.63) is 17.3 Å². The lowest BCUT2D eigenvalue weighted by Gasteiger charge is -2.06. The monoisotopic (exact) mass is 257 g/mol. The summed E-state index contributed by atoms with van der Waals surface area (Å²) in [7, 11) is 0.761. The van der Waals surface area contributed by atoms with Gasteiger partial charge in [-0.25, -0.2) is 22.2 Å². The summed E-state index contributed by atoms with van der Waals surface area (Å²) in [4.78, 5) is 3.08. The van der Waals surface area contributed by atoms with Crippen LogP contribution in [0, 0.1) is 6.92 Å². The second-order valence-corrected chi connectivity index (χ2v) is 5.26. The lowest BCUT2D eigenvalue weighted by Crippen LogP contribution is -2.01. The second kappa shape index (κ2) is 3.90. The largest absolute Gasteiger partial charge is 0.506 e. The molecule has 0 saturated heterocycles. The number of hydrogen-bond acceptors (Lipinski definition) is 4. The zero-order chi connectivity index (χ0) is 11.8. The lowest BCUT2D eigenvalue weighted by molar-refractivity contribution is 0.141. The molecule has 84 valence electrons. The molecule has 1 aromatic rings. The molecule has 0 aliphatic rings. The molecule has 0 atom stereocenters. The maximum absolute atomic E-state index is 12.3. The Kier molecular flexibility index (Phi) is 3.15. The lowest BCUT2D eigenvalue weighted by atomic mass is 10.2. The van der Waals surface area contributed by atoms with Crippen molar-refractivity contribution in [2.75, 3.05) is 0 Å². The van der Waals surface area contributed by atoms with Gasteiger partial charge in [-0.3, -0.25) is 0 Å². The Labute approximate surface area is 88.9 Å². The van der Waals surface area contributed by atoms with Crippen molar-refractivity contribution >= 4 is 19.7 Å². The van der Waals surface area contributed by atoms with Crippen LogP contribution in [0.3, 0.4) is 0 Å². The Morgan fingerprint density at radius 1 is 1.53 bits per heavy atom. The van der Waals surface area contributed by atoms with E-state index in [2.05, 4.69) is 4.98 Å². The molecule has 4 nitrogen and oxygen atoms in total. The summed E-state index contributed by atoms with van der Waals surface area (Å²) in [5, 5.41) is 8.48. The van der Waals surface area contributed by atoms with Gasteiger partial charge in [0, 0.05) is 10.7 Å². The minimum Gasteiger partial charge on any atom is -0.506 e. The number of pyridine rings is 1. The number of alkyl halides is 2. The van der Waals surface area contributed by atoms with Crippen LogP contribution in [0.1, 0.15) is 17.7 Å². The quantitative estimate of drug-likeness (QED) is 0.823. The molecule has 0 amide bonds. The number of rotatable bonds is 2. The fraction of sp³-hybridized carbons (Fsp3) is 0.286. The van der Waals surface area contributed by atoms with Crippen LogP contribution in [0.2, 0.25) is 0 Å². The van der Waals surface area contributed by atoms with Gasteiger partial charge < -0.3 is 5.11 Å². The van der Waals surface area contributed by atoms with Crippen molar-refractivity contribution in [2.24, 2.45) is 0 Å². The number of halogens is 3. The average Bonchev–Trinajstić information content (AvgIpc) is 2.06. The van der Waals surface area contributed by atoms with Gasteiger partial charge in [0.1, 0.15) is 11.4 Å². The third-order valence-corrected chi connectivity index (χ3v) is 2.83. The fourth-order valence-corrected chi connectivity index (χ4v) is 1.70. The van der Waals surface area contributed by atoms with E-state index >= 15 is 0 Å². The van der Waals surface area contributed by atoms with Gasteiger partial charge >= 0.3 is 0 Å². The topological polar surface area (TPSA) is 67.3 Å². The minimum atomic E-state index is -4.18. The number of nitrogens with zero attached hydrogens (tertiary/aromatic N) is 1. The highest BCUT2D eigenvalue weighted by molar-refractivity contribution is 8.13. The van der Waals surface area contributed by atoms with Crippen molar-refractivity contribution in [1.29, 1.82) is 0 Å². The van der Waals surface area contributed by atoms with Crippen molar-refractivity contribution in [3.8, 4) is 5.75 Å². The summed E-state index contributed by atoms with van der Waals surface area (Å²) in [5.74, 6) is -0.728. The molecule has 0 spiro atoms. The minimum absolute atomic E-state index is 0.0282. The summed E-state index contributed by atoms with van der Waals surface area (Å²) in [6.45, 7) is 1.27. The van der Waals surface area contributed by atoms with Crippen LogP contribution in [-0.4, -0.2) is 18.5 Å². The van der Waals surface area contributed by atoms with Crippen molar-refractivity contribution in [2.45, 2.75) is 18.4 Å². The molecule has 1 rings (SSSR count). The molecule has 0 unspecified atom stereocenters. The first-order valence-electron chi connectivity index (χ1n) is 3.67. The molecule has 1 N–H and O–H groups in total. The predicted molar refractivity (Wildman–Crippen MR) is 48.6 cm³/mol. The molecule has 1 aromatic heterocycles. The highest BCUT2D eigenvalue weighted by atomic mass is 35.7. The third-order valence-electron chi connectivity index (χ3n) is 1.64. The molecule has 0 aliphatic heterocycles. The molecule has 0 aliphatic carbocycles. The highest BCUT2D eigenvalue weighted by Gasteiger charge is 2.22. The summed E-state index contributed by atoms with van der Waals surface area (Å²) < 4.78 is 46.3. The van der Waals surface area contributed by atoms with E-state index in [1.165, 1.54) is 6.92 Å². The molecule has 1 heterocycles. The van der Waals surface area contributed by atoms with Crippen molar-refractivity contribution in [3.63, 3.8) is 0 Å². The summed E-state index contributed by atoms with van der Waals surface area (Å²) in [6.07, 6.45) is -3.07. The first kappa shape index (κ1) is 12.1. The van der Waals surface area contributed by atoms with Crippen LogP contribution in [0.4, 0.5) is 8.78 Å². The van der Waals surface area contributed by atoms with Gasteiger partial charge in [0.25, 0.3) is 15.5 Å². The Morgan fingerprint density at radius 3 is 2.47 bits per heavy atom. The number of aromatic nitrogens is 1. The molecule has 0 fully saturated rings. The molecular formula is C7H6ClF2NO3S. The molecular weight excluding hydrogens is 252 g/mol. The van der Waals surface area contributed by atoms with Crippen LogP contribution < -0.4 is 0 Å². The smallest absolute Gasteiger partial charge is 0.284 e. The van der Waals surface area contributed by atoms with Gasteiger partial charge in [-0.15, -0.1) is 0 Å². The summed E-state index contributed by atoms with van der Waals surface area (Å²) in [6, 6.07) is 0.920. The SMILES string of the molecule is Cc1cc(S(=O)(=O)Cl)nc(C(F)F)c1O. The van der Waals surface area contributed by atoms with Crippen LogP contribution >= 0.6 is 10.7 Å². The Balaban J connectivity index is 3.50. The van der Waals surface area contributed by atoms with Gasteiger partial charge in [0.2, 0.25) is 0 Å². The van der Waals surface area contributed by atoms with Gasteiger partial charge in [0.15, 0.2) is 5.03 Å². The maximum Gasteiger partial charge on any atom is 0.284 e. The Bertz CT molecular complexity index is 489. The van der Waals surface area contributed by atoms with Gasteiger partial charge in [0.05, 0.1) is 0 Å². The average molecular weight is 258 g/mol. The van der Waals surface area contributed by atoms with Crippen LogP contribution in [0.5, 0.6) is 5.75 Å². The summed E-state index contributed by atoms with van der Waals surface area (Å²) >= 11 is 0. The Hall–Kier alpha value is -0.950. The number of aryl methyl sites for hydroxylation is 1. The fourth-order valence-electron chi connectivity index (χ4n) is 0.937. The third kappa shape index (κ3) is 2.54. The van der Waals surface area contributed by atoms with Crippen LogP contribution in [0.15, 0.2) is 11.1 Å². The number of aromatic hydroxyl groups is 1. The molecule has 0 saturated carbocycles. The standard InChI is InChI=1S/C7H6ClF2NO3S/c1-3-2-4(15(8,13)14)11-5(6(3)12)7(9)10/h2,7,12H,1H3. The van der Waals surface area contributed by atoms with E-state index in [4.69, 9.17) is 10.7 Å². The summed E-state index contributed by atoms with van der Waals surface area (Å²) in [5.41, 5.74) is -1.02. The molecule has 8 heteroatoms. The molecule has 0 aromatic carbocycles. The first-order chi connectivity index (χ1) is 6.73. The van der Waals surface area contributed by atoms with Gasteiger partial charge in [-0.1, -0.05) is 0 Å². The molecule has 0 radical (unpaired) electrons. The van der Waals surface area contributed by atoms with E-state index in [0.717, 1.165) is 6.07 Å². The normalized spacial score (nSPS) is 12.1. The highest BCUT2D eigenvalue weighted by Crippen LogP contribution is 2.31. The van der Waals surface area contributed by atoms with E-state index in [0.29, 0.717) is 0 Å². The van der Waals surface area contributed by atoms with E-state index in [1.807, 2.05) is 0 Å². The second-order valence-electron chi connectivity index (χ2n) is 2.75. The van der Waals surface area contributed by atoms with E-state index in [-0.39, 0.29) is 5.56 Å². The van der Waals surface area contributed by atoms with Crippen molar-refractivity contribution in [1.82, 2.24) is 4.98 Å². The Morgan fingerprint density at radius 2 is 2.07 bits per heavy atom. The van der Waals surface area contributed by atoms with E-state index in [1.54, 1.807) is 0 Å². The van der Waals surface area contributed by atoms with Crippen molar-refractivity contribution < 1.29 is 22.3 Å². The van der Waals surface area contributed by atoms with Crippen LogP contribution in [-0.2, 0) is 9.05 Å². The zero-order valence-corrected chi connectivity index (χ0v) is 8.98. The zero-order valence-electron chi connectivity index (χ0n) is 7.41. The van der Waals surface area contributed by atoms with Gasteiger partial charge in [-0.05, 0) is 18.6 Å². The predicted octanol–water partition coefficient (Wildman–Crippen LogP) is 1.96.